The van der Waals surface area contributed by atoms with Crippen LogP contribution in [0.5, 0.6) is 0 Å². The number of hydrogen-bond acceptors (Lipinski definition) is 6. The SMILES string of the molecule is Nc1c(S(=O)(=O)c2ccc(Cl)cc2)c2nc3ccccc3nc2n1N=Cc1ccccc1. The Morgan fingerprint density at radius 2 is 1.50 bits per heavy atom. The molecule has 0 radical (unpaired) electrons. The van der Waals surface area contributed by atoms with E-state index in [1.165, 1.54) is 28.9 Å². The van der Waals surface area contributed by atoms with Gasteiger partial charge in [-0.3, -0.25) is 0 Å². The first kappa shape index (κ1) is 20.2. The number of anilines is 1. The summed E-state index contributed by atoms with van der Waals surface area (Å²) < 4.78 is 28.4. The predicted molar refractivity (Wildman–Crippen MR) is 126 cm³/mol. The van der Waals surface area contributed by atoms with Crippen LogP contribution in [0.25, 0.3) is 22.2 Å². The molecule has 0 atom stereocenters. The zero-order valence-electron chi connectivity index (χ0n) is 16.6. The lowest BCUT2D eigenvalue weighted by Gasteiger charge is -2.05. The molecule has 0 aliphatic heterocycles. The van der Waals surface area contributed by atoms with E-state index in [9.17, 15) is 8.42 Å². The number of nitrogens with two attached hydrogens (primary N) is 1. The summed E-state index contributed by atoms with van der Waals surface area (Å²) in [6.45, 7) is 0. The van der Waals surface area contributed by atoms with E-state index in [0.717, 1.165) is 5.56 Å². The van der Waals surface area contributed by atoms with Crippen LogP contribution in [0.1, 0.15) is 5.56 Å². The minimum atomic E-state index is -4.02. The summed E-state index contributed by atoms with van der Waals surface area (Å²) >= 11 is 5.94. The first-order valence-electron chi connectivity index (χ1n) is 9.62. The highest BCUT2D eigenvalue weighted by molar-refractivity contribution is 7.92. The van der Waals surface area contributed by atoms with Crippen molar-refractivity contribution < 1.29 is 8.42 Å². The molecule has 2 heterocycles. The van der Waals surface area contributed by atoms with E-state index in [-0.39, 0.29) is 26.8 Å². The zero-order valence-corrected chi connectivity index (χ0v) is 18.1. The second-order valence-electron chi connectivity index (χ2n) is 7.02. The minimum Gasteiger partial charge on any atom is -0.382 e. The molecule has 2 N–H and O–H groups in total. The molecule has 0 unspecified atom stereocenters. The van der Waals surface area contributed by atoms with Crippen LogP contribution in [-0.2, 0) is 9.84 Å². The van der Waals surface area contributed by atoms with Gasteiger partial charge in [-0.1, -0.05) is 54.1 Å². The van der Waals surface area contributed by atoms with Crippen molar-refractivity contribution in [3.63, 3.8) is 0 Å². The van der Waals surface area contributed by atoms with Crippen molar-refractivity contribution in [2.24, 2.45) is 5.10 Å². The van der Waals surface area contributed by atoms with Gasteiger partial charge < -0.3 is 5.73 Å². The van der Waals surface area contributed by atoms with Crippen molar-refractivity contribution in [2.45, 2.75) is 9.79 Å². The smallest absolute Gasteiger partial charge is 0.212 e. The fourth-order valence-corrected chi connectivity index (χ4v) is 5.01. The highest BCUT2D eigenvalue weighted by Crippen LogP contribution is 2.35. The van der Waals surface area contributed by atoms with E-state index < -0.39 is 9.84 Å². The molecule has 0 aliphatic carbocycles. The summed E-state index contributed by atoms with van der Waals surface area (Å²) in [6, 6.07) is 22.5. The minimum absolute atomic E-state index is 0.0506. The Hall–Kier alpha value is -3.75. The standard InChI is InChI=1S/C23H16ClN5O2S/c24-16-10-12-17(13-11-16)32(30,31)21-20-23(28-19-9-5-4-8-18(19)27-20)29(22(21)25)26-14-15-6-2-1-3-7-15/h1-14H,25H2. The number of nitrogen functional groups attached to an aromatic ring is 1. The maximum absolute atomic E-state index is 13.5. The van der Waals surface area contributed by atoms with Gasteiger partial charge in [0.2, 0.25) is 9.84 Å². The molecule has 2 aromatic heterocycles. The van der Waals surface area contributed by atoms with Crippen molar-refractivity contribution in [2.75, 3.05) is 5.73 Å². The van der Waals surface area contributed by atoms with Crippen LogP contribution in [0.15, 0.2) is 93.8 Å². The zero-order chi connectivity index (χ0) is 22.3. The van der Waals surface area contributed by atoms with Crippen LogP contribution in [0.2, 0.25) is 5.02 Å². The summed E-state index contributed by atoms with van der Waals surface area (Å²) in [5, 5.41) is 4.86. The molecular formula is C23H16ClN5O2S. The topological polar surface area (TPSA) is 103 Å². The largest absolute Gasteiger partial charge is 0.382 e. The van der Waals surface area contributed by atoms with Crippen LogP contribution in [0, 0.1) is 0 Å². The van der Waals surface area contributed by atoms with E-state index >= 15 is 0 Å². The van der Waals surface area contributed by atoms with E-state index in [2.05, 4.69) is 15.1 Å². The average Bonchev–Trinajstić information content (AvgIpc) is 3.07. The fraction of sp³-hybridized carbons (Fsp3) is 0. The number of fused-ring (bicyclic) bond motifs is 2. The Balaban J connectivity index is 1.81. The molecule has 0 saturated heterocycles. The molecule has 7 nitrogen and oxygen atoms in total. The molecule has 9 heteroatoms. The summed E-state index contributed by atoms with van der Waals surface area (Å²) in [5.74, 6) is -0.0718. The third-order valence-electron chi connectivity index (χ3n) is 4.94. The average molecular weight is 462 g/mol. The molecule has 0 amide bonds. The molecule has 5 rings (SSSR count). The molecule has 32 heavy (non-hydrogen) atoms. The molecule has 0 saturated carbocycles. The molecule has 0 spiro atoms. The molecular weight excluding hydrogens is 446 g/mol. The molecule has 5 aromatic rings. The van der Waals surface area contributed by atoms with Crippen LogP contribution in [-0.4, -0.2) is 29.3 Å². The molecule has 0 bridgehead atoms. The number of para-hydroxylation sites is 2. The first-order valence-corrected chi connectivity index (χ1v) is 11.5. The summed E-state index contributed by atoms with van der Waals surface area (Å²) in [7, 11) is -4.02. The van der Waals surface area contributed by atoms with Gasteiger partial charge >= 0.3 is 0 Å². The Kier molecular flexibility index (Phi) is 4.88. The van der Waals surface area contributed by atoms with Crippen molar-refractivity contribution in [1.82, 2.24) is 14.6 Å². The Morgan fingerprint density at radius 3 is 2.19 bits per heavy atom. The van der Waals surface area contributed by atoms with Crippen LogP contribution >= 0.6 is 11.6 Å². The highest BCUT2D eigenvalue weighted by Gasteiger charge is 2.30. The van der Waals surface area contributed by atoms with Gasteiger partial charge in [0.25, 0.3) is 0 Å². The predicted octanol–water partition coefficient (Wildman–Crippen LogP) is 4.54. The van der Waals surface area contributed by atoms with Gasteiger partial charge in [0.05, 0.1) is 22.1 Å². The quantitative estimate of drug-likeness (QED) is 0.396. The van der Waals surface area contributed by atoms with Crippen LogP contribution < -0.4 is 5.73 Å². The lowest BCUT2D eigenvalue weighted by molar-refractivity contribution is 0.597. The van der Waals surface area contributed by atoms with E-state index in [0.29, 0.717) is 16.1 Å². The molecule has 158 valence electrons. The number of sulfone groups is 1. The van der Waals surface area contributed by atoms with Crippen LogP contribution in [0.3, 0.4) is 0 Å². The van der Waals surface area contributed by atoms with Gasteiger partial charge in [0.1, 0.15) is 16.2 Å². The number of aromatic nitrogens is 3. The first-order chi connectivity index (χ1) is 15.4. The lowest BCUT2D eigenvalue weighted by Crippen LogP contribution is -2.06. The van der Waals surface area contributed by atoms with Gasteiger partial charge in [-0.2, -0.15) is 9.78 Å². The third kappa shape index (κ3) is 3.39. The van der Waals surface area contributed by atoms with Gasteiger partial charge in [0.15, 0.2) is 5.65 Å². The maximum atomic E-state index is 13.5. The third-order valence-corrected chi connectivity index (χ3v) is 7.03. The summed E-state index contributed by atoms with van der Waals surface area (Å²) in [4.78, 5) is 9.11. The van der Waals surface area contributed by atoms with Crippen molar-refractivity contribution in [3.8, 4) is 0 Å². The summed E-state index contributed by atoms with van der Waals surface area (Å²) in [6.07, 6.45) is 1.59. The second-order valence-corrected chi connectivity index (χ2v) is 9.35. The van der Waals surface area contributed by atoms with Gasteiger partial charge in [-0.15, -0.1) is 0 Å². The Labute approximate surface area is 188 Å². The highest BCUT2D eigenvalue weighted by atomic mass is 35.5. The summed E-state index contributed by atoms with van der Waals surface area (Å²) in [5.41, 5.74) is 8.74. The Morgan fingerprint density at radius 1 is 0.875 bits per heavy atom. The van der Waals surface area contributed by atoms with Crippen molar-refractivity contribution in [1.29, 1.82) is 0 Å². The van der Waals surface area contributed by atoms with E-state index in [1.54, 1.807) is 18.3 Å². The normalized spacial score (nSPS) is 12.2. The maximum Gasteiger partial charge on any atom is 0.212 e. The number of rotatable bonds is 4. The molecule has 0 aliphatic rings. The van der Waals surface area contributed by atoms with E-state index in [4.69, 9.17) is 17.3 Å². The van der Waals surface area contributed by atoms with Crippen molar-refractivity contribution >= 4 is 55.7 Å². The lowest BCUT2D eigenvalue weighted by atomic mass is 10.2. The monoisotopic (exact) mass is 461 g/mol. The molecule has 3 aromatic carbocycles. The number of halogens is 1. The van der Waals surface area contributed by atoms with Crippen molar-refractivity contribution in [3.05, 3.63) is 89.4 Å². The van der Waals surface area contributed by atoms with E-state index in [1.807, 2.05) is 42.5 Å². The van der Waals surface area contributed by atoms with Gasteiger partial charge in [-0.05, 0) is 42.0 Å². The van der Waals surface area contributed by atoms with Gasteiger partial charge in [0, 0.05) is 5.02 Å². The number of nitrogens with zero attached hydrogens (tertiary/aromatic N) is 4. The number of hydrogen-bond donors (Lipinski definition) is 1. The molecule has 0 fully saturated rings. The Bertz CT molecular complexity index is 1600. The van der Waals surface area contributed by atoms with Crippen LogP contribution in [0.4, 0.5) is 5.82 Å². The number of benzene rings is 3. The second kappa shape index (κ2) is 7.74. The van der Waals surface area contributed by atoms with Gasteiger partial charge in [-0.25, -0.2) is 18.4 Å². The fourth-order valence-electron chi connectivity index (χ4n) is 3.40.